The Bertz CT molecular complexity index is 655. The van der Waals surface area contributed by atoms with Crippen molar-refractivity contribution in [2.75, 3.05) is 6.61 Å². The first-order valence-corrected chi connectivity index (χ1v) is 8.71. The Labute approximate surface area is 153 Å². The molecule has 0 bridgehead atoms. The van der Waals surface area contributed by atoms with Gasteiger partial charge in [-0.25, -0.2) is 4.79 Å². The number of cyclic esters (lactones) is 2. The van der Waals surface area contributed by atoms with E-state index in [1.807, 2.05) is 30.3 Å². The monoisotopic (exact) mass is 360 g/mol. The van der Waals surface area contributed by atoms with Gasteiger partial charge in [0.05, 0.1) is 6.61 Å². The van der Waals surface area contributed by atoms with E-state index in [0.717, 1.165) is 11.6 Å². The number of benzene rings is 1. The molecule has 0 N–H and O–H groups in total. The van der Waals surface area contributed by atoms with Gasteiger partial charge in [-0.3, -0.25) is 9.59 Å². The van der Waals surface area contributed by atoms with Crippen molar-refractivity contribution >= 4 is 17.9 Å². The normalized spacial score (nSPS) is 17.8. The molecule has 140 valence electrons. The second-order valence-electron chi connectivity index (χ2n) is 6.26. The van der Waals surface area contributed by atoms with Crippen LogP contribution in [-0.2, 0) is 35.0 Å². The highest BCUT2D eigenvalue weighted by Crippen LogP contribution is 2.40. The maximum Gasteiger partial charge on any atom is 0.330 e. The van der Waals surface area contributed by atoms with Crippen molar-refractivity contribution in [3.8, 4) is 0 Å². The molecule has 6 heteroatoms. The summed E-state index contributed by atoms with van der Waals surface area (Å²) in [4.78, 5) is 37.2. The second-order valence-corrected chi connectivity index (χ2v) is 6.26. The van der Waals surface area contributed by atoms with Gasteiger partial charge in [0.25, 0.3) is 5.79 Å². The highest BCUT2D eigenvalue weighted by atomic mass is 16.7. The van der Waals surface area contributed by atoms with Crippen LogP contribution in [-0.4, -0.2) is 30.3 Å². The van der Waals surface area contributed by atoms with Crippen LogP contribution in [0.4, 0.5) is 0 Å². The maximum atomic E-state index is 12.9. The lowest BCUT2D eigenvalue weighted by atomic mass is 9.77. The second kappa shape index (κ2) is 8.17. The first-order valence-electron chi connectivity index (χ1n) is 8.71. The molecule has 0 aromatic heterocycles. The molecule has 0 spiro atoms. The minimum atomic E-state index is -1.54. The maximum absolute atomic E-state index is 12.9. The van der Waals surface area contributed by atoms with Crippen LogP contribution >= 0.6 is 0 Å². The van der Waals surface area contributed by atoms with Crippen LogP contribution in [0.1, 0.15) is 38.7 Å². The van der Waals surface area contributed by atoms with E-state index in [-0.39, 0.29) is 19.4 Å². The lowest BCUT2D eigenvalue weighted by molar-refractivity contribution is -0.265. The zero-order valence-electron chi connectivity index (χ0n) is 15.2. The molecule has 6 nitrogen and oxygen atoms in total. The molecule has 0 saturated carbocycles. The summed E-state index contributed by atoms with van der Waals surface area (Å²) >= 11 is 0. The Hall–Kier alpha value is -2.63. The molecule has 1 aliphatic rings. The van der Waals surface area contributed by atoms with E-state index < -0.39 is 29.1 Å². The molecule has 0 atom stereocenters. The molecule has 0 unspecified atom stereocenters. The number of hydrogen-bond donors (Lipinski definition) is 0. The molecule has 0 aliphatic carbocycles. The first-order chi connectivity index (χ1) is 12.4. The lowest BCUT2D eigenvalue weighted by Crippen LogP contribution is -2.57. The molecular weight excluding hydrogens is 336 g/mol. The molecule has 1 aromatic rings. The van der Waals surface area contributed by atoms with Gasteiger partial charge in [0.15, 0.2) is 5.41 Å². The van der Waals surface area contributed by atoms with Crippen molar-refractivity contribution in [2.24, 2.45) is 5.41 Å². The SMILES string of the molecule is C=CC(=O)OCCC1(Cc2ccccc2)C(=O)OC(CC)(CC)OC1=O. The Morgan fingerprint density at radius 2 is 1.69 bits per heavy atom. The van der Waals surface area contributed by atoms with Crippen molar-refractivity contribution in [1.29, 1.82) is 0 Å². The quantitative estimate of drug-likeness (QED) is 0.403. The molecule has 1 aromatic carbocycles. The summed E-state index contributed by atoms with van der Waals surface area (Å²) in [5.41, 5.74) is -0.756. The molecule has 1 heterocycles. The smallest absolute Gasteiger partial charge is 0.330 e. The first kappa shape index (κ1) is 19.7. The van der Waals surface area contributed by atoms with Crippen LogP contribution in [0.5, 0.6) is 0 Å². The summed E-state index contributed by atoms with van der Waals surface area (Å²) in [5, 5.41) is 0. The number of ether oxygens (including phenoxy) is 3. The molecule has 26 heavy (non-hydrogen) atoms. The summed E-state index contributed by atoms with van der Waals surface area (Å²) in [6.07, 6.45) is 1.85. The third kappa shape index (κ3) is 3.95. The third-order valence-electron chi connectivity index (χ3n) is 4.70. The Balaban J connectivity index is 2.30. The summed E-state index contributed by atoms with van der Waals surface area (Å²) in [6.45, 7) is 6.79. The molecule has 2 rings (SSSR count). The van der Waals surface area contributed by atoms with E-state index in [1.165, 1.54) is 0 Å². The van der Waals surface area contributed by atoms with Crippen LogP contribution in [0.15, 0.2) is 43.0 Å². The van der Waals surface area contributed by atoms with E-state index in [1.54, 1.807) is 13.8 Å². The number of carbonyl (C=O) groups is 3. The van der Waals surface area contributed by atoms with Gasteiger partial charge in [-0.2, -0.15) is 0 Å². The predicted octanol–water partition coefficient (Wildman–Crippen LogP) is 2.95. The fraction of sp³-hybridized carbons (Fsp3) is 0.450. The molecule has 0 amide bonds. The van der Waals surface area contributed by atoms with Gasteiger partial charge in [0, 0.05) is 25.3 Å². The van der Waals surface area contributed by atoms with Crippen LogP contribution in [0, 0.1) is 5.41 Å². The van der Waals surface area contributed by atoms with Gasteiger partial charge in [0.1, 0.15) is 0 Å². The summed E-state index contributed by atoms with van der Waals surface area (Å²) in [6, 6.07) is 9.13. The third-order valence-corrected chi connectivity index (χ3v) is 4.70. The number of carbonyl (C=O) groups excluding carboxylic acids is 3. The van der Waals surface area contributed by atoms with E-state index in [2.05, 4.69) is 6.58 Å². The van der Waals surface area contributed by atoms with Crippen LogP contribution in [0.25, 0.3) is 0 Å². The topological polar surface area (TPSA) is 78.9 Å². The van der Waals surface area contributed by atoms with E-state index >= 15 is 0 Å². The van der Waals surface area contributed by atoms with Gasteiger partial charge in [-0.05, 0) is 12.0 Å². The minimum Gasteiger partial charge on any atom is -0.462 e. The summed E-state index contributed by atoms with van der Waals surface area (Å²) in [7, 11) is 0. The standard InChI is InChI=1S/C20H24O6/c1-4-16(21)24-13-12-19(14-15-10-8-7-9-11-15)17(22)25-20(5-2,6-3)26-18(19)23/h4,7-11H,1,5-6,12-14H2,2-3H3. The minimum absolute atomic E-state index is 0.0251. The largest absolute Gasteiger partial charge is 0.462 e. The molecule has 0 radical (unpaired) electrons. The Kier molecular flexibility index (Phi) is 6.18. The number of esters is 3. The average molecular weight is 360 g/mol. The average Bonchev–Trinajstić information content (AvgIpc) is 2.66. The van der Waals surface area contributed by atoms with E-state index in [9.17, 15) is 14.4 Å². The van der Waals surface area contributed by atoms with Gasteiger partial charge in [-0.1, -0.05) is 50.8 Å². The Morgan fingerprint density at radius 1 is 1.12 bits per heavy atom. The predicted molar refractivity (Wildman–Crippen MR) is 93.8 cm³/mol. The molecule has 1 fully saturated rings. The van der Waals surface area contributed by atoms with Crippen LogP contribution < -0.4 is 0 Å². The molecular formula is C20H24O6. The molecule has 1 saturated heterocycles. The summed E-state index contributed by atoms with van der Waals surface area (Å²) in [5.74, 6) is -3.13. The van der Waals surface area contributed by atoms with Crippen molar-refractivity contribution in [3.63, 3.8) is 0 Å². The van der Waals surface area contributed by atoms with Gasteiger partial charge in [0.2, 0.25) is 0 Å². The Morgan fingerprint density at radius 3 is 2.19 bits per heavy atom. The number of hydrogen-bond acceptors (Lipinski definition) is 6. The highest BCUT2D eigenvalue weighted by molar-refractivity contribution is 6.02. The zero-order chi connectivity index (χ0) is 19.2. The van der Waals surface area contributed by atoms with Crippen molar-refractivity contribution in [1.82, 2.24) is 0 Å². The van der Waals surface area contributed by atoms with Gasteiger partial charge < -0.3 is 14.2 Å². The highest BCUT2D eigenvalue weighted by Gasteiger charge is 2.57. The van der Waals surface area contributed by atoms with Crippen molar-refractivity contribution in [3.05, 3.63) is 48.6 Å². The molecule has 1 aliphatic heterocycles. The van der Waals surface area contributed by atoms with Gasteiger partial charge in [-0.15, -0.1) is 0 Å². The van der Waals surface area contributed by atoms with E-state index in [4.69, 9.17) is 14.2 Å². The zero-order valence-corrected chi connectivity index (χ0v) is 15.2. The van der Waals surface area contributed by atoms with Crippen LogP contribution in [0.3, 0.4) is 0 Å². The van der Waals surface area contributed by atoms with Crippen LogP contribution in [0.2, 0.25) is 0 Å². The summed E-state index contributed by atoms with van der Waals surface area (Å²) < 4.78 is 16.1. The van der Waals surface area contributed by atoms with Crippen molar-refractivity contribution in [2.45, 2.75) is 45.3 Å². The van der Waals surface area contributed by atoms with Gasteiger partial charge >= 0.3 is 17.9 Å². The number of rotatable bonds is 8. The fourth-order valence-corrected chi connectivity index (χ4v) is 2.94. The fourth-order valence-electron chi connectivity index (χ4n) is 2.94. The van der Waals surface area contributed by atoms with E-state index in [0.29, 0.717) is 12.8 Å². The van der Waals surface area contributed by atoms with Crippen molar-refractivity contribution < 1.29 is 28.6 Å². The lowest BCUT2D eigenvalue weighted by Gasteiger charge is -2.42.